The molecule has 1 aliphatic heterocycles. The van der Waals surface area contributed by atoms with Crippen LogP contribution in [0.4, 0.5) is 5.82 Å². The van der Waals surface area contributed by atoms with Gasteiger partial charge in [0.2, 0.25) is 0 Å². The lowest BCUT2D eigenvalue weighted by Gasteiger charge is -2.42. The number of fused-ring (bicyclic) bond motifs is 2. The van der Waals surface area contributed by atoms with Gasteiger partial charge in [-0.15, -0.1) is 0 Å². The molecular formula is C29H40N8O4. The van der Waals surface area contributed by atoms with Gasteiger partial charge in [-0.05, 0) is 49.9 Å². The summed E-state index contributed by atoms with van der Waals surface area (Å²) in [5, 5.41) is 21.5. The molecule has 4 aromatic rings. The second kappa shape index (κ2) is 10.9. The number of hydrogen-bond donors (Lipinski definition) is 4. The third-order valence-electron chi connectivity index (χ3n) is 8.91. The SMILES string of the molecule is COCC(C)(C)c1ccc2nc(CCC3CC(N(C)C[C@H]4O[C@@H](n5cnc6c(N)ncnc65)[C@H](O)[C@@H]4O)C3)[nH]c2c1. The van der Waals surface area contributed by atoms with E-state index in [1.807, 2.05) is 0 Å². The average Bonchev–Trinajstić information content (AvgIpc) is 3.60. The molecule has 6 rings (SSSR count). The van der Waals surface area contributed by atoms with Crippen molar-refractivity contribution in [2.45, 2.75) is 75.5 Å². The van der Waals surface area contributed by atoms with Gasteiger partial charge in [0.1, 0.15) is 36.0 Å². The fraction of sp³-hybridized carbons (Fsp3) is 0.586. The minimum atomic E-state index is -1.11. The van der Waals surface area contributed by atoms with Gasteiger partial charge in [-0.2, -0.15) is 0 Å². The Labute approximate surface area is 238 Å². The normalized spacial score (nSPS) is 26.8. The van der Waals surface area contributed by atoms with Crippen LogP contribution in [0.15, 0.2) is 30.9 Å². The van der Waals surface area contributed by atoms with Gasteiger partial charge in [-0.1, -0.05) is 19.9 Å². The number of imidazole rings is 2. The van der Waals surface area contributed by atoms with Crippen molar-refractivity contribution < 1.29 is 19.7 Å². The van der Waals surface area contributed by atoms with E-state index in [1.54, 1.807) is 11.7 Å². The number of nitrogens with zero attached hydrogens (tertiary/aromatic N) is 6. The monoisotopic (exact) mass is 564 g/mol. The van der Waals surface area contributed by atoms with Gasteiger partial charge in [0.15, 0.2) is 17.7 Å². The van der Waals surface area contributed by atoms with Crippen LogP contribution in [0, 0.1) is 5.92 Å². The molecule has 2 aliphatic rings. The predicted octanol–water partition coefficient (Wildman–Crippen LogP) is 2.17. The Hall–Kier alpha value is -3.16. The zero-order valence-electron chi connectivity index (χ0n) is 24.1. The third-order valence-corrected chi connectivity index (χ3v) is 8.91. The largest absolute Gasteiger partial charge is 0.387 e. The molecule has 1 aliphatic carbocycles. The fourth-order valence-corrected chi connectivity index (χ4v) is 6.28. The number of rotatable bonds is 10. The zero-order valence-corrected chi connectivity index (χ0v) is 24.1. The molecule has 3 aromatic heterocycles. The molecule has 0 bridgehead atoms. The second-order valence-corrected chi connectivity index (χ2v) is 12.3. The first-order chi connectivity index (χ1) is 19.6. The maximum absolute atomic E-state index is 10.8. The first-order valence-corrected chi connectivity index (χ1v) is 14.3. The molecule has 2 fully saturated rings. The summed E-state index contributed by atoms with van der Waals surface area (Å²) in [6.07, 6.45) is 3.56. The Morgan fingerprint density at radius 3 is 2.78 bits per heavy atom. The number of ether oxygens (including phenoxy) is 2. The fourth-order valence-electron chi connectivity index (χ4n) is 6.28. The molecule has 0 spiro atoms. The van der Waals surface area contributed by atoms with Gasteiger partial charge in [0.25, 0.3) is 0 Å². The van der Waals surface area contributed by atoms with Crippen LogP contribution >= 0.6 is 0 Å². The molecule has 4 heterocycles. The Bertz CT molecular complexity index is 1510. The number of aromatic amines is 1. The van der Waals surface area contributed by atoms with Gasteiger partial charge in [0.05, 0.1) is 24.0 Å². The van der Waals surface area contributed by atoms with E-state index >= 15 is 0 Å². The number of nitrogens with two attached hydrogens (primary N) is 1. The van der Waals surface area contributed by atoms with Crippen molar-refractivity contribution in [2.75, 3.05) is 33.0 Å². The van der Waals surface area contributed by atoms with E-state index < -0.39 is 24.5 Å². The molecule has 0 unspecified atom stereocenters. The topological polar surface area (TPSA) is 160 Å². The van der Waals surface area contributed by atoms with Crippen molar-refractivity contribution in [3.63, 3.8) is 0 Å². The highest BCUT2D eigenvalue weighted by atomic mass is 16.6. The van der Waals surface area contributed by atoms with Crippen LogP contribution in [0.25, 0.3) is 22.2 Å². The number of likely N-dealkylation sites (N-methyl/N-ethyl adjacent to an activating group) is 1. The average molecular weight is 565 g/mol. The molecule has 12 heteroatoms. The molecule has 41 heavy (non-hydrogen) atoms. The van der Waals surface area contributed by atoms with Crippen LogP contribution in [0.3, 0.4) is 0 Å². The molecule has 220 valence electrons. The van der Waals surface area contributed by atoms with Gasteiger partial charge in [-0.3, -0.25) is 4.57 Å². The van der Waals surface area contributed by atoms with E-state index in [0.29, 0.717) is 36.3 Å². The van der Waals surface area contributed by atoms with Crippen LogP contribution in [-0.4, -0.2) is 96.3 Å². The van der Waals surface area contributed by atoms with Gasteiger partial charge in [0, 0.05) is 31.5 Å². The molecule has 0 radical (unpaired) electrons. The van der Waals surface area contributed by atoms with Crippen LogP contribution in [0.2, 0.25) is 0 Å². The van der Waals surface area contributed by atoms with Crippen LogP contribution in [0.5, 0.6) is 0 Å². The summed E-state index contributed by atoms with van der Waals surface area (Å²) < 4.78 is 13.1. The van der Waals surface area contributed by atoms with Crippen molar-refractivity contribution in [2.24, 2.45) is 5.92 Å². The summed E-state index contributed by atoms with van der Waals surface area (Å²) in [5.74, 6) is 1.91. The minimum Gasteiger partial charge on any atom is -0.387 e. The van der Waals surface area contributed by atoms with Crippen molar-refractivity contribution in [1.82, 2.24) is 34.4 Å². The highest BCUT2D eigenvalue weighted by Crippen LogP contribution is 2.37. The summed E-state index contributed by atoms with van der Waals surface area (Å²) in [7, 11) is 3.79. The van der Waals surface area contributed by atoms with Crippen molar-refractivity contribution >= 4 is 28.0 Å². The summed E-state index contributed by atoms with van der Waals surface area (Å²) >= 11 is 0. The first-order valence-electron chi connectivity index (χ1n) is 14.3. The van der Waals surface area contributed by atoms with Crippen molar-refractivity contribution in [1.29, 1.82) is 0 Å². The molecule has 1 saturated carbocycles. The van der Waals surface area contributed by atoms with Crippen LogP contribution < -0.4 is 5.73 Å². The number of aliphatic hydroxyl groups is 2. The Morgan fingerprint density at radius 2 is 2.00 bits per heavy atom. The maximum Gasteiger partial charge on any atom is 0.167 e. The number of nitrogen functional groups attached to an aromatic ring is 1. The Balaban J connectivity index is 1.00. The molecule has 4 atom stereocenters. The summed E-state index contributed by atoms with van der Waals surface area (Å²) in [4.78, 5) is 23.0. The second-order valence-electron chi connectivity index (χ2n) is 12.3. The summed E-state index contributed by atoms with van der Waals surface area (Å²) in [6.45, 7) is 5.55. The number of nitrogens with one attached hydrogen (secondary N) is 1. The number of benzene rings is 1. The molecule has 5 N–H and O–H groups in total. The number of aromatic nitrogens is 6. The van der Waals surface area contributed by atoms with E-state index in [9.17, 15) is 10.2 Å². The van der Waals surface area contributed by atoms with Crippen molar-refractivity contribution in [3.05, 3.63) is 42.2 Å². The Kier molecular flexibility index (Phi) is 7.45. The third kappa shape index (κ3) is 5.30. The number of methoxy groups -OCH3 is 1. The van der Waals surface area contributed by atoms with Gasteiger partial charge < -0.3 is 35.3 Å². The lowest BCUT2D eigenvalue weighted by atomic mass is 9.76. The van der Waals surface area contributed by atoms with E-state index in [-0.39, 0.29) is 11.2 Å². The van der Waals surface area contributed by atoms with E-state index in [4.69, 9.17) is 20.2 Å². The molecule has 1 aromatic carbocycles. The summed E-state index contributed by atoms with van der Waals surface area (Å²) in [5.41, 5.74) is 10.0. The van der Waals surface area contributed by atoms with E-state index in [2.05, 4.69) is 63.9 Å². The van der Waals surface area contributed by atoms with E-state index in [1.165, 1.54) is 18.2 Å². The van der Waals surface area contributed by atoms with Crippen molar-refractivity contribution in [3.8, 4) is 0 Å². The number of aliphatic hydroxyl groups excluding tert-OH is 2. The number of aryl methyl sites for hydroxylation is 1. The van der Waals surface area contributed by atoms with Crippen LogP contribution in [-0.2, 0) is 21.3 Å². The molecule has 0 amide bonds. The lowest BCUT2D eigenvalue weighted by Crippen LogP contribution is -2.47. The maximum atomic E-state index is 10.8. The van der Waals surface area contributed by atoms with Gasteiger partial charge in [-0.25, -0.2) is 19.9 Å². The number of hydrogen-bond acceptors (Lipinski definition) is 10. The lowest BCUT2D eigenvalue weighted by molar-refractivity contribution is -0.0514. The minimum absolute atomic E-state index is 0.0584. The Morgan fingerprint density at radius 1 is 1.20 bits per heavy atom. The summed E-state index contributed by atoms with van der Waals surface area (Å²) in [6, 6.07) is 6.84. The predicted molar refractivity (Wildman–Crippen MR) is 154 cm³/mol. The standard InChI is InChI=1S/C29H40N8O4/c1-29(2,13-40-4)17-6-7-19-20(11-17)35-22(34-19)8-5-16-9-18(10-16)36(3)12-21-24(38)25(39)28(41-21)37-15-33-23-26(30)31-14-32-27(23)37/h6-7,11,14-16,18,21,24-25,28,38-39H,5,8-10,12-13H2,1-4H3,(H,34,35)(H2,30,31,32)/t16?,18?,21-,24-,25-,28-/m1/s1. The highest BCUT2D eigenvalue weighted by molar-refractivity contribution is 5.81. The molecule has 12 nitrogen and oxygen atoms in total. The highest BCUT2D eigenvalue weighted by Gasteiger charge is 2.45. The quantitative estimate of drug-likeness (QED) is 0.225. The number of H-pyrrole nitrogens is 1. The van der Waals surface area contributed by atoms with Crippen LogP contribution in [0.1, 0.15) is 50.7 Å². The molecule has 1 saturated heterocycles. The zero-order chi connectivity index (χ0) is 28.9. The number of anilines is 1. The molecular weight excluding hydrogens is 524 g/mol. The van der Waals surface area contributed by atoms with E-state index in [0.717, 1.165) is 42.5 Å². The smallest absolute Gasteiger partial charge is 0.167 e. The first kappa shape index (κ1) is 28.0. The van der Waals surface area contributed by atoms with Gasteiger partial charge >= 0.3 is 0 Å².